The van der Waals surface area contributed by atoms with Crippen molar-refractivity contribution in [2.45, 2.75) is 33.0 Å². The molecule has 2 atom stereocenters. The fourth-order valence-electron chi connectivity index (χ4n) is 3.21. The van der Waals surface area contributed by atoms with E-state index in [0.29, 0.717) is 11.3 Å². The van der Waals surface area contributed by atoms with E-state index in [1.165, 1.54) is 18.4 Å². The lowest BCUT2D eigenvalue weighted by Crippen LogP contribution is -2.50. The molecule has 0 N–H and O–H groups in total. The van der Waals surface area contributed by atoms with Crippen molar-refractivity contribution in [3.63, 3.8) is 0 Å². The normalized spacial score (nSPS) is 40.6. The largest absolute Gasteiger partial charge is 0.346 e. The van der Waals surface area contributed by atoms with E-state index in [-0.39, 0.29) is 6.29 Å². The van der Waals surface area contributed by atoms with Gasteiger partial charge in [0.2, 0.25) is 0 Å². The van der Waals surface area contributed by atoms with Crippen LogP contribution in [0.3, 0.4) is 0 Å². The van der Waals surface area contributed by atoms with Gasteiger partial charge in [0.05, 0.1) is 13.2 Å². The van der Waals surface area contributed by atoms with Crippen LogP contribution in [0.15, 0.2) is 11.6 Å². The molecule has 3 aliphatic carbocycles. The third-order valence-electron chi connectivity index (χ3n) is 4.40. The second-order valence-corrected chi connectivity index (χ2v) is 5.32. The van der Waals surface area contributed by atoms with Crippen LogP contribution in [0.1, 0.15) is 26.7 Å². The predicted molar refractivity (Wildman–Crippen MR) is 53.8 cm³/mol. The van der Waals surface area contributed by atoms with E-state index in [0.717, 1.165) is 19.1 Å². The number of ether oxygens (including phenoxy) is 2. The second kappa shape index (κ2) is 2.83. The molecule has 0 aromatic heterocycles. The van der Waals surface area contributed by atoms with Crippen LogP contribution in [-0.2, 0) is 9.47 Å². The third-order valence-corrected chi connectivity index (χ3v) is 4.40. The molecule has 14 heavy (non-hydrogen) atoms. The molecule has 0 aromatic carbocycles. The Hall–Kier alpha value is -0.340. The number of hydrogen-bond donors (Lipinski definition) is 0. The zero-order chi connectivity index (χ0) is 9.76. The molecule has 1 saturated carbocycles. The highest BCUT2D eigenvalue weighted by Crippen LogP contribution is 2.60. The molecule has 0 unspecified atom stereocenters. The highest BCUT2D eigenvalue weighted by Gasteiger charge is 2.53. The molecular formula is C12H18O2. The summed E-state index contributed by atoms with van der Waals surface area (Å²) in [4.78, 5) is 0. The molecule has 2 fully saturated rings. The average molecular weight is 194 g/mol. The van der Waals surface area contributed by atoms with Crippen molar-refractivity contribution in [1.29, 1.82) is 0 Å². The summed E-state index contributed by atoms with van der Waals surface area (Å²) in [6.45, 7) is 6.29. The summed E-state index contributed by atoms with van der Waals surface area (Å²) < 4.78 is 11.2. The molecule has 1 saturated heterocycles. The molecule has 2 heteroatoms. The first kappa shape index (κ1) is 8.93. The number of allylic oxidation sites excluding steroid dienone is 1. The number of fused-ring (bicyclic) bond motifs is 1. The van der Waals surface area contributed by atoms with E-state index in [2.05, 4.69) is 19.9 Å². The van der Waals surface area contributed by atoms with Crippen molar-refractivity contribution in [3.8, 4) is 0 Å². The Bertz CT molecular complexity index is 274. The summed E-state index contributed by atoms with van der Waals surface area (Å²) in [5.41, 5.74) is 1.91. The van der Waals surface area contributed by atoms with Gasteiger partial charge in [-0.25, -0.2) is 0 Å². The third kappa shape index (κ3) is 1.04. The van der Waals surface area contributed by atoms with Gasteiger partial charge in [0.1, 0.15) is 0 Å². The molecule has 0 amide bonds. The number of hydrogen-bond acceptors (Lipinski definition) is 2. The summed E-state index contributed by atoms with van der Waals surface area (Å²) in [5, 5.41) is 0. The van der Waals surface area contributed by atoms with Crippen molar-refractivity contribution < 1.29 is 9.47 Å². The maximum absolute atomic E-state index is 5.59. The smallest absolute Gasteiger partial charge is 0.180 e. The Morgan fingerprint density at radius 2 is 2.00 bits per heavy atom. The topological polar surface area (TPSA) is 18.5 Å². The van der Waals surface area contributed by atoms with Crippen LogP contribution < -0.4 is 0 Å². The molecule has 0 aromatic rings. The van der Waals surface area contributed by atoms with Gasteiger partial charge in [-0.3, -0.25) is 0 Å². The second-order valence-electron chi connectivity index (χ2n) is 5.32. The summed E-state index contributed by atoms with van der Waals surface area (Å²) in [5.74, 6) is 1.61. The SMILES string of the molecule is CC1(C)[C@H]2CC=C(C3OCCO3)[C@@H]1C2. The molecule has 2 bridgehead atoms. The van der Waals surface area contributed by atoms with Gasteiger partial charge < -0.3 is 9.47 Å². The zero-order valence-electron chi connectivity index (χ0n) is 8.95. The Morgan fingerprint density at radius 3 is 2.57 bits per heavy atom. The molecule has 1 aliphatic heterocycles. The van der Waals surface area contributed by atoms with Crippen LogP contribution in [0.5, 0.6) is 0 Å². The number of rotatable bonds is 1. The van der Waals surface area contributed by atoms with Crippen LogP contribution in [0, 0.1) is 17.3 Å². The van der Waals surface area contributed by atoms with Gasteiger partial charge in [0.25, 0.3) is 0 Å². The van der Waals surface area contributed by atoms with Crippen LogP contribution >= 0.6 is 0 Å². The first-order chi connectivity index (χ1) is 6.69. The highest BCUT2D eigenvalue weighted by atomic mass is 16.7. The lowest BCUT2D eigenvalue weighted by Gasteiger charge is -2.56. The minimum Gasteiger partial charge on any atom is -0.346 e. The maximum atomic E-state index is 5.59. The standard InChI is InChI=1S/C12H18O2/c1-12(2)8-3-4-9(10(12)7-8)11-13-5-6-14-11/h4,8,10-11H,3,5-7H2,1-2H3/t8-,10-/m0/s1. The minimum atomic E-state index is -0.0134. The zero-order valence-corrected chi connectivity index (χ0v) is 8.95. The van der Waals surface area contributed by atoms with Crippen LogP contribution in [0.2, 0.25) is 0 Å². The van der Waals surface area contributed by atoms with E-state index in [4.69, 9.17) is 9.47 Å². The lowest BCUT2D eigenvalue weighted by molar-refractivity contribution is -0.0712. The van der Waals surface area contributed by atoms with E-state index in [1.54, 1.807) is 0 Å². The molecule has 78 valence electrons. The minimum absolute atomic E-state index is 0.0134. The van der Waals surface area contributed by atoms with Crippen molar-refractivity contribution in [1.82, 2.24) is 0 Å². The highest BCUT2D eigenvalue weighted by molar-refractivity contribution is 5.25. The van der Waals surface area contributed by atoms with Crippen molar-refractivity contribution in [2.24, 2.45) is 17.3 Å². The average Bonchev–Trinajstić information content (AvgIpc) is 2.70. The van der Waals surface area contributed by atoms with Crippen LogP contribution in [0.25, 0.3) is 0 Å². The quantitative estimate of drug-likeness (QED) is 0.596. The fraction of sp³-hybridized carbons (Fsp3) is 0.833. The van der Waals surface area contributed by atoms with E-state index in [9.17, 15) is 0 Å². The summed E-state index contributed by atoms with van der Waals surface area (Å²) in [6, 6.07) is 0. The maximum Gasteiger partial charge on any atom is 0.180 e. The summed E-state index contributed by atoms with van der Waals surface area (Å²) >= 11 is 0. The van der Waals surface area contributed by atoms with Crippen LogP contribution in [-0.4, -0.2) is 19.5 Å². The van der Waals surface area contributed by atoms with E-state index >= 15 is 0 Å². The first-order valence-electron chi connectivity index (χ1n) is 5.63. The van der Waals surface area contributed by atoms with Gasteiger partial charge in [-0.1, -0.05) is 19.9 Å². The van der Waals surface area contributed by atoms with Crippen molar-refractivity contribution in [3.05, 3.63) is 11.6 Å². The van der Waals surface area contributed by atoms with Gasteiger partial charge >= 0.3 is 0 Å². The van der Waals surface area contributed by atoms with Gasteiger partial charge in [-0.2, -0.15) is 0 Å². The van der Waals surface area contributed by atoms with Crippen LogP contribution in [0.4, 0.5) is 0 Å². The molecular weight excluding hydrogens is 176 g/mol. The van der Waals surface area contributed by atoms with Gasteiger partial charge in [0, 0.05) is 0 Å². The summed E-state index contributed by atoms with van der Waals surface area (Å²) in [6.07, 6.45) is 4.92. The first-order valence-corrected chi connectivity index (χ1v) is 5.63. The molecule has 1 heterocycles. The Kier molecular flexibility index (Phi) is 1.80. The van der Waals surface area contributed by atoms with Gasteiger partial charge in [0.15, 0.2) is 6.29 Å². The van der Waals surface area contributed by atoms with Gasteiger partial charge in [-0.15, -0.1) is 0 Å². The monoisotopic (exact) mass is 194 g/mol. The Labute approximate surface area is 85.3 Å². The van der Waals surface area contributed by atoms with E-state index < -0.39 is 0 Å². The van der Waals surface area contributed by atoms with Crippen molar-refractivity contribution in [2.75, 3.05) is 13.2 Å². The van der Waals surface area contributed by atoms with Crippen molar-refractivity contribution >= 4 is 0 Å². The molecule has 4 rings (SSSR count). The molecule has 0 spiro atoms. The molecule has 4 aliphatic rings. The Morgan fingerprint density at radius 1 is 1.29 bits per heavy atom. The van der Waals surface area contributed by atoms with E-state index in [1.807, 2.05) is 0 Å². The molecule has 2 nitrogen and oxygen atoms in total. The lowest BCUT2D eigenvalue weighted by atomic mass is 9.49. The predicted octanol–water partition coefficient (Wildman–Crippen LogP) is 2.35. The van der Waals surface area contributed by atoms with Gasteiger partial charge in [-0.05, 0) is 35.7 Å². The fourth-order valence-corrected chi connectivity index (χ4v) is 3.21. The molecule has 0 radical (unpaired) electrons. The summed E-state index contributed by atoms with van der Waals surface area (Å²) in [7, 11) is 0. The Balaban J connectivity index is 1.83.